The van der Waals surface area contributed by atoms with Crippen molar-refractivity contribution in [3.63, 3.8) is 0 Å². The molecule has 6 heteroatoms. The first kappa shape index (κ1) is 11.1. The molecule has 0 bridgehead atoms. The van der Waals surface area contributed by atoms with Gasteiger partial charge in [-0.25, -0.2) is 4.39 Å². The fourth-order valence-corrected chi connectivity index (χ4v) is 1.35. The molecule has 0 aliphatic rings. The maximum absolute atomic E-state index is 13.1. The zero-order chi connectivity index (χ0) is 12.3. The third-order valence-corrected chi connectivity index (χ3v) is 2.04. The second-order valence-corrected chi connectivity index (χ2v) is 3.43. The average molecular weight is 232 g/mol. The summed E-state index contributed by atoms with van der Waals surface area (Å²) in [5, 5.41) is 15.2. The normalized spacial score (nSPS) is 9.94. The van der Waals surface area contributed by atoms with Crippen molar-refractivity contribution in [3.05, 3.63) is 41.3 Å². The number of hydrogen-bond acceptors (Lipinski definition) is 5. The highest BCUT2D eigenvalue weighted by atomic mass is 19.1. The summed E-state index contributed by atoms with van der Waals surface area (Å²) in [6.07, 6.45) is 0. The number of nitrogens with zero attached hydrogens (tertiary/aromatic N) is 3. The summed E-state index contributed by atoms with van der Waals surface area (Å²) < 4.78 is 18.0. The first-order chi connectivity index (χ1) is 8.17. The Balaban J connectivity index is 2.09. The van der Waals surface area contributed by atoms with Crippen LogP contribution in [0.3, 0.4) is 0 Å². The highest BCUT2D eigenvalue weighted by Crippen LogP contribution is 2.14. The van der Waals surface area contributed by atoms with Crippen LogP contribution < -0.4 is 5.32 Å². The molecule has 86 valence electrons. The maximum atomic E-state index is 13.1. The van der Waals surface area contributed by atoms with Crippen molar-refractivity contribution in [1.82, 2.24) is 10.1 Å². The molecule has 0 saturated heterocycles. The number of nitrogens with one attached hydrogen (secondary N) is 1. The summed E-state index contributed by atoms with van der Waals surface area (Å²) in [6, 6.07) is 5.89. The van der Waals surface area contributed by atoms with E-state index in [0.29, 0.717) is 17.4 Å². The van der Waals surface area contributed by atoms with Gasteiger partial charge < -0.3 is 9.84 Å². The molecule has 5 nitrogen and oxygen atoms in total. The zero-order valence-corrected chi connectivity index (χ0v) is 9.07. The van der Waals surface area contributed by atoms with Gasteiger partial charge in [0.15, 0.2) is 5.82 Å². The van der Waals surface area contributed by atoms with Crippen LogP contribution in [-0.4, -0.2) is 10.1 Å². The third kappa shape index (κ3) is 2.78. The Morgan fingerprint density at radius 1 is 1.47 bits per heavy atom. The van der Waals surface area contributed by atoms with Gasteiger partial charge in [0.05, 0.1) is 18.2 Å². The second-order valence-electron chi connectivity index (χ2n) is 3.43. The van der Waals surface area contributed by atoms with Crippen LogP contribution in [0.2, 0.25) is 0 Å². The largest absolute Gasteiger partial charge is 0.376 e. The van der Waals surface area contributed by atoms with Crippen molar-refractivity contribution in [3.8, 4) is 6.07 Å². The van der Waals surface area contributed by atoms with Crippen LogP contribution >= 0.6 is 0 Å². The fraction of sp³-hybridized carbons (Fsp3) is 0.182. The van der Waals surface area contributed by atoms with Crippen LogP contribution in [-0.2, 0) is 6.54 Å². The lowest BCUT2D eigenvalue weighted by molar-refractivity contribution is 0.379. The molecular formula is C11H9FN4O. The molecule has 0 amide bonds. The Bertz CT molecular complexity index is 573. The fourth-order valence-electron chi connectivity index (χ4n) is 1.35. The Morgan fingerprint density at radius 3 is 2.94 bits per heavy atom. The molecule has 0 spiro atoms. The van der Waals surface area contributed by atoms with Crippen molar-refractivity contribution in [2.75, 3.05) is 5.32 Å². The van der Waals surface area contributed by atoms with Gasteiger partial charge in [-0.2, -0.15) is 10.2 Å². The number of rotatable bonds is 3. The van der Waals surface area contributed by atoms with Gasteiger partial charge in [0.2, 0.25) is 5.89 Å². The molecule has 2 aromatic rings. The predicted octanol–water partition coefficient (Wildman–Crippen LogP) is 2.00. The maximum Gasteiger partial charge on any atom is 0.245 e. The van der Waals surface area contributed by atoms with Crippen molar-refractivity contribution < 1.29 is 8.91 Å². The molecule has 0 unspecified atom stereocenters. The van der Waals surface area contributed by atoms with Gasteiger partial charge in [-0.15, -0.1) is 0 Å². The molecule has 1 N–H and O–H groups in total. The lowest BCUT2D eigenvalue weighted by Crippen LogP contribution is -2.00. The Morgan fingerprint density at radius 2 is 2.29 bits per heavy atom. The summed E-state index contributed by atoms with van der Waals surface area (Å²) in [6.45, 7) is 2.00. The Kier molecular flexibility index (Phi) is 3.01. The van der Waals surface area contributed by atoms with Crippen molar-refractivity contribution in [1.29, 1.82) is 5.26 Å². The van der Waals surface area contributed by atoms with Crippen LogP contribution in [0, 0.1) is 24.1 Å². The first-order valence-corrected chi connectivity index (χ1v) is 4.91. The number of benzene rings is 1. The van der Waals surface area contributed by atoms with Crippen molar-refractivity contribution in [2.24, 2.45) is 0 Å². The van der Waals surface area contributed by atoms with Gasteiger partial charge in [0.1, 0.15) is 5.82 Å². The van der Waals surface area contributed by atoms with Gasteiger partial charge in [-0.05, 0) is 25.1 Å². The van der Waals surface area contributed by atoms with E-state index in [9.17, 15) is 4.39 Å². The minimum absolute atomic E-state index is 0.259. The number of aryl methyl sites for hydroxylation is 1. The lowest BCUT2D eigenvalue weighted by Gasteiger charge is -2.03. The average Bonchev–Trinajstić information content (AvgIpc) is 2.72. The monoisotopic (exact) mass is 232 g/mol. The standard InChI is InChI=1S/C11H9FN4O/c1-7-15-11(17-16-7)6-14-10-3-8(5-13)2-9(12)4-10/h2-4,14H,6H2,1H3. The molecule has 2 rings (SSSR count). The van der Waals surface area contributed by atoms with E-state index < -0.39 is 5.82 Å². The third-order valence-electron chi connectivity index (χ3n) is 2.04. The van der Waals surface area contributed by atoms with Crippen LogP contribution in [0.5, 0.6) is 0 Å². The molecule has 1 heterocycles. The lowest BCUT2D eigenvalue weighted by atomic mass is 10.2. The molecule has 0 fully saturated rings. The van der Waals surface area contributed by atoms with Crippen molar-refractivity contribution in [2.45, 2.75) is 13.5 Å². The van der Waals surface area contributed by atoms with Gasteiger partial charge in [-0.1, -0.05) is 5.16 Å². The van der Waals surface area contributed by atoms with E-state index in [1.165, 1.54) is 12.1 Å². The summed E-state index contributed by atoms with van der Waals surface area (Å²) >= 11 is 0. The van der Waals surface area contributed by atoms with Gasteiger partial charge in [0, 0.05) is 5.69 Å². The Hall–Kier alpha value is -2.42. The molecule has 1 aromatic carbocycles. The summed E-state index contributed by atoms with van der Waals surface area (Å²) in [5.74, 6) is 0.484. The smallest absolute Gasteiger partial charge is 0.245 e. The number of halogens is 1. The van der Waals surface area contributed by atoms with E-state index in [1.54, 1.807) is 13.0 Å². The highest BCUT2D eigenvalue weighted by Gasteiger charge is 2.04. The van der Waals surface area contributed by atoms with Gasteiger partial charge >= 0.3 is 0 Å². The zero-order valence-electron chi connectivity index (χ0n) is 9.07. The molecule has 0 aliphatic heterocycles. The topological polar surface area (TPSA) is 74.7 Å². The van der Waals surface area contributed by atoms with E-state index in [4.69, 9.17) is 9.78 Å². The Labute approximate surface area is 96.9 Å². The van der Waals surface area contributed by atoms with Crippen LogP contribution in [0.25, 0.3) is 0 Å². The molecular weight excluding hydrogens is 223 g/mol. The summed E-state index contributed by atoms with van der Waals surface area (Å²) in [5.41, 5.74) is 0.756. The molecule has 1 aromatic heterocycles. The van der Waals surface area contributed by atoms with Crippen molar-refractivity contribution >= 4 is 5.69 Å². The molecule has 17 heavy (non-hydrogen) atoms. The van der Waals surface area contributed by atoms with Crippen LogP contribution in [0.1, 0.15) is 17.3 Å². The summed E-state index contributed by atoms with van der Waals surface area (Å²) in [7, 11) is 0. The van der Waals surface area contributed by atoms with Crippen LogP contribution in [0.15, 0.2) is 22.7 Å². The summed E-state index contributed by atoms with van der Waals surface area (Å²) in [4.78, 5) is 3.99. The van der Waals surface area contributed by atoms with Gasteiger partial charge in [-0.3, -0.25) is 0 Å². The van der Waals surface area contributed by atoms with Crippen LogP contribution in [0.4, 0.5) is 10.1 Å². The predicted molar refractivity (Wildman–Crippen MR) is 57.5 cm³/mol. The minimum Gasteiger partial charge on any atom is -0.376 e. The minimum atomic E-state index is -0.465. The van der Waals surface area contributed by atoms with E-state index in [2.05, 4.69) is 15.5 Å². The van der Waals surface area contributed by atoms with E-state index in [1.807, 2.05) is 6.07 Å². The van der Waals surface area contributed by atoms with E-state index in [-0.39, 0.29) is 12.1 Å². The first-order valence-electron chi connectivity index (χ1n) is 4.91. The quantitative estimate of drug-likeness (QED) is 0.875. The van der Waals surface area contributed by atoms with Gasteiger partial charge in [0.25, 0.3) is 0 Å². The number of aromatic nitrogens is 2. The SMILES string of the molecule is Cc1noc(CNc2cc(F)cc(C#N)c2)n1. The molecule has 0 aliphatic carbocycles. The number of anilines is 1. The van der Waals surface area contributed by atoms with E-state index >= 15 is 0 Å². The van der Waals surface area contributed by atoms with E-state index in [0.717, 1.165) is 0 Å². The molecule has 0 radical (unpaired) electrons. The molecule has 0 atom stereocenters. The highest BCUT2D eigenvalue weighted by molar-refractivity contribution is 5.49. The molecule has 0 saturated carbocycles. The number of hydrogen-bond donors (Lipinski definition) is 1. The number of nitriles is 1. The second kappa shape index (κ2) is 4.61.